The second-order valence-electron chi connectivity index (χ2n) is 3.39. The molecule has 3 nitrogen and oxygen atoms in total. The van der Waals surface area contributed by atoms with Crippen LogP contribution in [0, 0.1) is 5.92 Å². The second kappa shape index (κ2) is 6.22. The minimum Gasteiger partial charge on any atom is -0.465 e. The first-order chi connectivity index (χ1) is 5.74. The number of esters is 1. The standard InChI is InChI=1S/C9H17NO2.ClH/c1-3-12-9(11)8-6-7(2)4-5-10-8;/h7-8,10H,3-6H2,1-2H3;1H/t7-,8+;/m0./s1. The van der Waals surface area contributed by atoms with Crippen molar-refractivity contribution < 1.29 is 9.53 Å². The highest BCUT2D eigenvalue weighted by atomic mass is 35.5. The van der Waals surface area contributed by atoms with Crippen molar-refractivity contribution in [1.82, 2.24) is 5.32 Å². The topological polar surface area (TPSA) is 38.3 Å². The zero-order chi connectivity index (χ0) is 8.97. The highest BCUT2D eigenvalue weighted by molar-refractivity contribution is 5.85. The van der Waals surface area contributed by atoms with Gasteiger partial charge in [-0.15, -0.1) is 12.4 Å². The Kier molecular flexibility index (Phi) is 6.08. The van der Waals surface area contributed by atoms with Crippen molar-refractivity contribution in [2.24, 2.45) is 5.92 Å². The fraction of sp³-hybridized carbons (Fsp3) is 0.889. The van der Waals surface area contributed by atoms with Crippen LogP contribution in [0.3, 0.4) is 0 Å². The first kappa shape index (κ1) is 12.7. The van der Waals surface area contributed by atoms with Gasteiger partial charge in [-0.1, -0.05) is 6.92 Å². The van der Waals surface area contributed by atoms with Crippen LogP contribution in [0.2, 0.25) is 0 Å². The Morgan fingerprint density at radius 1 is 1.62 bits per heavy atom. The molecule has 0 aromatic carbocycles. The zero-order valence-corrected chi connectivity index (χ0v) is 9.02. The van der Waals surface area contributed by atoms with E-state index in [2.05, 4.69) is 12.2 Å². The van der Waals surface area contributed by atoms with E-state index in [0.717, 1.165) is 19.4 Å². The van der Waals surface area contributed by atoms with Crippen molar-refractivity contribution in [3.8, 4) is 0 Å². The first-order valence-electron chi connectivity index (χ1n) is 4.64. The van der Waals surface area contributed by atoms with Gasteiger partial charge < -0.3 is 10.1 Å². The third kappa shape index (κ3) is 3.96. The van der Waals surface area contributed by atoms with Gasteiger partial charge in [-0.2, -0.15) is 0 Å². The lowest BCUT2D eigenvalue weighted by Crippen LogP contribution is -2.43. The average Bonchev–Trinajstić information content (AvgIpc) is 2.05. The number of carbonyl (C=O) groups excluding carboxylic acids is 1. The normalized spacial score (nSPS) is 27.5. The van der Waals surface area contributed by atoms with Gasteiger partial charge in [0.05, 0.1) is 6.61 Å². The van der Waals surface area contributed by atoms with E-state index in [1.54, 1.807) is 0 Å². The predicted molar refractivity (Wildman–Crippen MR) is 54.1 cm³/mol. The average molecular weight is 208 g/mol. The third-order valence-electron chi connectivity index (χ3n) is 2.24. The summed E-state index contributed by atoms with van der Waals surface area (Å²) in [6.45, 7) is 5.42. The molecule has 1 heterocycles. The second-order valence-corrected chi connectivity index (χ2v) is 3.39. The summed E-state index contributed by atoms with van der Waals surface area (Å²) in [5, 5.41) is 3.16. The van der Waals surface area contributed by atoms with Crippen molar-refractivity contribution in [3.05, 3.63) is 0 Å². The maximum Gasteiger partial charge on any atom is 0.323 e. The van der Waals surface area contributed by atoms with Gasteiger partial charge >= 0.3 is 5.97 Å². The minimum absolute atomic E-state index is 0. The summed E-state index contributed by atoms with van der Waals surface area (Å²) in [4.78, 5) is 11.3. The van der Waals surface area contributed by atoms with Gasteiger partial charge in [-0.25, -0.2) is 0 Å². The predicted octanol–water partition coefficient (Wildman–Crippen LogP) is 1.36. The summed E-state index contributed by atoms with van der Waals surface area (Å²) in [5.41, 5.74) is 0. The van der Waals surface area contributed by atoms with Gasteiger partial charge in [-0.3, -0.25) is 4.79 Å². The SMILES string of the molecule is CCOC(=O)[C@H]1C[C@@H](C)CCN1.Cl. The first-order valence-corrected chi connectivity index (χ1v) is 4.64. The maximum absolute atomic E-state index is 11.3. The van der Waals surface area contributed by atoms with Gasteiger partial charge in [0.1, 0.15) is 6.04 Å². The molecule has 4 heteroatoms. The molecule has 1 N–H and O–H groups in total. The van der Waals surface area contributed by atoms with Crippen molar-refractivity contribution in [3.63, 3.8) is 0 Å². The van der Waals surface area contributed by atoms with Crippen LogP contribution in [0.25, 0.3) is 0 Å². The van der Waals surface area contributed by atoms with Crippen LogP contribution < -0.4 is 5.32 Å². The van der Waals surface area contributed by atoms with E-state index in [4.69, 9.17) is 4.74 Å². The van der Waals surface area contributed by atoms with E-state index in [1.807, 2.05) is 6.92 Å². The molecule has 78 valence electrons. The number of rotatable bonds is 2. The van der Waals surface area contributed by atoms with Gasteiger partial charge in [0.2, 0.25) is 0 Å². The lowest BCUT2D eigenvalue weighted by atomic mass is 9.94. The number of carbonyl (C=O) groups is 1. The molecule has 1 aliphatic heterocycles. The van der Waals surface area contributed by atoms with E-state index in [1.165, 1.54) is 0 Å². The highest BCUT2D eigenvalue weighted by Crippen LogP contribution is 2.15. The molecule has 0 amide bonds. The van der Waals surface area contributed by atoms with Crippen LogP contribution in [0.5, 0.6) is 0 Å². The molecular weight excluding hydrogens is 190 g/mol. The molecule has 0 saturated carbocycles. The number of ether oxygens (including phenoxy) is 1. The van der Waals surface area contributed by atoms with Crippen molar-refractivity contribution in [2.45, 2.75) is 32.7 Å². The minimum atomic E-state index is -0.0935. The molecule has 1 rings (SSSR count). The Morgan fingerprint density at radius 2 is 2.31 bits per heavy atom. The molecular formula is C9H18ClNO2. The smallest absolute Gasteiger partial charge is 0.323 e. The monoisotopic (exact) mass is 207 g/mol. The molecule has 0 aliphatic carbocycles. The van der Waals surface area contributed by atoms with Crippen molar-refractivity contribution >= 4 is 18.4 Å². The third-order valence-corrected chi connectivity index (χ3v) is 2.24. The molecule has 0 radical (unpaired) electrons. The molecule has 13 heavy (non-hydrogen) atoms. The lowest BCUT2D eigenvalue weighted by molar-refractivity contribution is -0.146. The Labute approximate surface area is 85.6 Å². The molecule has 0 spiro atoms. The molecule has 2 atom stereocenters. The largest absolute Gasteiger partial charge is 0.465 e. The summed E-state index contributed by atoms with van der Waals surface area (Å²) in [7, 11) is 0. The quantitative estimate of drug-likeness (QED) is 0.695. The number of hydrogen-bond acceptors (Lipinski definition) is 3. The van der Waals surface area contributed by atoms with E-state index in [0.29, 0.717) is 12.5 Å². The number of nitrogens with one attached hydrogen (secondary N) is 1. The van der Waals surface area contributed by atoms with E-state index >= 15 is 0 Å². The molecule has 0 unspecified atom stereocenters. The van der Waals surface area contributed by atoms with E-state index in [9.17, 15) is 4.79 Å². The van der Waals surface area contributed by atoms with Crippen molar-refractivity contribution in [1.29, 1.82) is 0 Å². The van der Waals surface area contributed by atoms with Gasteiger partial charge in [0.25, 0.3) is 0 Å². The van der Waals surface area contributed by atoms with E-state index < -0.39 is 0 Å². The van der Waals surface area contributed by atoms with Crippen LogP contribution >= 0.6 is 12.4 Å². The van der Waals surface area contributed by atoms with E-state index in [-0.39, 0.29) is 24.4 Å². The van der Waals surface area contributed by atoms with Gasteiger partial charge in [0, 0.05) is 0 Å². The highest BCUT2D eigenvalue weighted by Gasteiger charge is 2.25. The molecule has 0 aromatic rings. The number of hydrogen-bond donors (Lipinski definition) is 1. The van der Waals surface area contributed by atoms with Crippen LogP contribution in [0.4, 0.5) is 0 Å². The van der Waals surface area contributed by atoms with Crippen LogP contribution in [0.1, 0.15) is 26.7 Å². The molecule has 1 fully saturated rings. The molecule has 1 saturated heterocycles. The zero-order valence-electron chi connectivity index (χ0n) is 8.21. The Balaban J connectivity index is 0.00000144. The molecule has 0 aromatic heterocycles. The summed E-state index contributed by atoms with van der Waals surface area (Å²) >= 11 is 0. The van der Waals surface area contributed by atoms with Crippen molar-refractivity contribution in [2.75, 3.05) is 13.2 Å². The molecule has 0 bridgehead atoms. The van der Waals surface area contributed by atoms with Crippen LogP contribution in [0.15, 0.2) is 0 Å². The number of halogens is 1. The maximum atomic E-state index is 11.3. The van der Waals surface area contributed by atoms with Crippen LogP contribution in [-0.4, -0.2) is 25.2 Å². The summed E-state index contributed by atoms with van der Waals surface area (Å²) in [6.07, 6.45) is 2.08. The molecule has 1 aliphatic rings. The van der Waals surface area contributed by atoms with Gasteiger partial charge in [-0.05, 0) is 32.2 Å². The Morgan fingerprint density at radius 3 is 2.85 bits per heavy atom. The number of piperidine rings is 1. The summed E-state index contributed by atoms with van der Waals surface area (Å²) < 4.78 is 4.93. The lowest BCUT2D eigenvalue weighted by Gasteiger charge is -2.26. The summed E-state index contributed by atoms with van der Waals surface area (Å²) in [5.74, 6) is 0.546. The fourth-order valence-electron chi connectivity index (χ4n) is 1.53. The Bertz CT molecular complexity index is 164. The Hall–Kier alpha value is -0.280. The summed E-state index contributed by atoms with van der Waals surface area (Å²) in [6, 6.07) is -0.0614. The van der Waals surface area contributed by atoms with Crippen LogP contribution in [-0.2, 0) is 9.53 Å². The van der Waals surface area contributed by atoms with Gasteiger partial charge in [0.15, 0.2) is 0 Å². The fourth-order valence-corrected chi connectivity index (χ4v) is 1.53.